The van der Waals surface area contributed by atoms with Gasteiger partial charge in [0, 0.05) is 43.4 Å². The van der Waals surface area contributed by atoms with Crippen LogP contribution in [-0.4, -0.2) is 66.7 Å². The van der Waals surface area contributed by atoms with Crippen molar-refractivity contribution in [2.75, 3.05) is 38.5 Å². The second kappa shape index (κ2) is 8.54. The number of nitro benzene ring substituents is 1. The summed E-state index contributed by atoms with van der Waals surface area (Å²) in [5.41, 5.74) is 0.854. The van der Waals surface area contributed by atoms with Crippen LogP contribution in [0.15, 0.2) is 41.3 Å². The van der Waals surface area contributed by atoms with E-state index in [0.29, 0.717) is 36.4 Å². The van der Waals surface area contributed by atoms with E-state index in [4.69, 9.17) is 0 Å². The van der Waals surface area contributed by atoms with Crippen molar-refractivity contribution in [3.05, 3.63) is 57.6 Å². The molecule has 2 aromatic carbocycles. The second-order valence-electron chi connectivity index (χ2n) is 7.52. The number of anilines is 1. The summed E-state index contributed by atoms with van der Waals surface area (Å²) < 4.78 is 28.1. The Labute approximate surface area is 188 Å². The summed E-state index contributed by atoms with van der Waals surface area (Å²) in [6.07, 6.45) is 0. The molecule has 1 N–H and O–H groups in total. The van der Waals surface area contributed by atoms with Crippen LogP contribution in [0.4, 0.5) is 10.8 Å². The van der Waals surface area contributed by atoms with Crippen molar-refractivity contribution in [3.8, 4) is 0 Å². The zero-order valence-electron chi connectivity index (χ0n) is 17.4. The fourth-order valence-corrected chi connectivity index (χ4v) is 5.95. The molecule has 1 aliphatic heterocycles. The number of nitro groups is 1. The normalized spacial score (nSPS) is 15.7. The number of rotatable bonds is 5. The number of likely N-dealkylation sites (N-methyl/N-ethyl adjacent to an activating group) is 1. The second-order valence-corrected chi connectivity index (χ2v) is 10.5. The zero-order valence-corrected chi connectivity index (χ0v) is 19.1. The molecule has 0 bridgehead atoms. The Morgan fingerprint density at radius 2 is 1.91 bits per heavy atom. The number of fused-ring (bicyclic) bond motifs is 1. The molecule has 1 fully saturated rings. The van der Waals surface area contributed by atoms with Crippen LogP contribution in [0.2, 0.25) is 0 Å². The summed E-state index contributed by atoms with van der Waals surface area (Å²) in [5, 5.41) is 14.1. The van der Waals surface area contributed by atoms with E-state index in [-0.39, 0.29) is 26.8 Å². The van der Waals surface area contributed by atoms with Gasteiger partial charge in [-0.1, -0.05) is 17.4 Å². The molecule has 1 aliphatic rings. The molecular formula is C20H21N5O5S2. The Kier molecular flexibility index (Phi) is 5.95. The number of aromatic nitrogens is 1. The molecule has 10 nitrogen and oxygen atoms in total. The Balaban J connectivity index is 1.58. The van der Waals surface area contributed by atoms with Crippen LogP contribution in [0.25, 0.3) is 10.2 Å². The number of thiazole rings is 1. The average molecular weight is 476 g/mol. The predicted molar refractivity (Wildman–Crippen MR) is 122 cm³/mol. The van der Waals surface area contributed by atoms with Crippen LogP contribution < -0.4 is 5.32 Å². The van der Waals surface area contributed by atoms with Crippen molar-refractivity contribution in [1.82, 2.24) is 14.2 Å². The number of sulfonamides is 1. The van der Waals surface area contributed by atoms with Gasteiger partial charge in [0.1, 0.15) is 0 Å². The Bertz CT molecular complexity index is 1310. The molecule has 1 aromatic heterocycles. The van der Waals surface area contributed by atoms with Crippen molar-refractivity contribution in [2.45, 2.75) is 11.8 Å². The standard InChI is InChI=1S/C20H21N5O5S2/c1-13-15(4-3-5-17(13)25(27)28)19(26)22-20-21-16-7-6-14(12-18(16)31-20)32(29,30)24-10-8-23(2)9-11-24/h3-7,12H,8-11H2,1-2H3,(H,21,22,26). The highest BCUT2D eigenvalue weighted by Gasteiger charge is 2.28. The maximum Gasteiger partial charge on any atom is 0.273 e. The molecule has 2 heterocycles. The third kappa shape index (κ3) is 4.21. The van der Waals surface area contributed by atoms with E-state index in [0.717, 1.165) is 11.3 Å². The van der Waals surface area contributed by atoms with Crippen LogP contribution in [0.3, 0.4) is 0 Å². The van der Waals surface area contributed by atoms with Crippen molar-refractivity contribution in [2.24, 2.45) is 0 Å². The van der Waals surface area contributed by atoms with Crippen LogP contribution >= 0.6 is 11.3 Å². The number of amides is 1. The summed E-state index contributed by atoms with van der Waals surface area (Å²) in [4.78, 5) is 29.9. The minimum Gasteiger partial charge on any atom is -0.304 e. The van der Waals surface area contributed by atoms with E-state index < -0.39 is 20.9 Å². The van der Waals surface area contributed by atoms with Crippen LogP contribution in [0.5, 0.6) is 0 Å². The van der Waals surface area contributed by atoms with Gasteiger partial charge in [-0.25, -0.2) is 13.4 Å². The lowest BCUT2D eigenvalue weighted by Gasteiger charge is -2.31. The van der Waals surface area contributed by atoms with Gasteiger partial charge in [0.2, 0.25) is 10.0 Å². The van der Waals surface area contributed by atoms with Gasteiger partial charge in [-0.3, -0.25) is 20.2 Å². The predicted octanol–water partition coefficient (Wildman–Crippen LogP) is 2.70. The first-order valence-corrected chi connectivity index (χ1v) is 12.1. The summed E-state index contributed by atoms with van der Waals surface area (Å²) in [6, 6.07) is 9.00. The average Bonchev–Trinajstić information content (AvgIpc) is 3.15. The van der Waals surface area contributed by atoms with Crippen molar-refractivity contribution in [1.29, 1.82) is 0 Å². The Hall–Kier alpha value is -2.93. The molecule has 1 amide bonds. The molecule has 1 saturated heterocycles. The topological polar surface area (TPSA) is 126 Å². The number of benzene rings is 2. The van der Waals surface area contributed by atoms with E-state index in [1.165, 1.54) is 35.5 Å². The van der Waals surface area contributed by atoms with Crippen LogP contribution in [0.1, 0.15) is 15.9 Å². The van der Waals surface area contributed by atoms with Crippen molar-refractivity contribution >= 4 is 48.3 Å². The van der Waals surface area contributed by atoms with Gasteiger partial charge in [0.15, 0.2) is 5.13 Å². The SMILES string of the molecule is Cc1c(C(=O)Nc2nc3ccc(S(=O)(=O)N4CCN(C)CC4)cc3s2)cccc1[N+](=O)[O-]. The lowest BCUT2D eigenvalue weighted by atomic mass is 10.1. The highest BCUT2D eigenvalue weighted by molar-refractivity contribution is 7.89. The number of hydrogen-bond donors (Lipinski definition) is 1. The fraction of sp³-hybridized carbons (Fsp3) is 0.300. The first-order chi connectivity index (χ1) is 15.2. The molecule has 32 heavy (non-hydrogen) atoms. The molecule has 0 spiro atoms. The minimum absolute atomic E-state index is 0.138. The van der Waals surface area contributed by atoms with E-state index in [1.807, 2.05) is 7.05 Å². The maximum atomic E-state index is 13.0. The molecule has 0 saturated carbocycles. The molecule has 12 heteroatoms. The summed E-state index contributed by atoms with van der Waals surface area (Å²) in [5.74, 6) is -0.518. The van der Waals surface area contributed by atoms with E-state index in [2.05, 4.69) is 15.2 Å². The van der Waals surface area contributed by atoms with E-state index in [9.17, 15) is 23.3 Å². The monoisotopic (exact) mass is 475 g/mol. The molecule has 0 aliphatic carbocycles. The van der Waals surface area contributed by atoms with Gasteiger partial charge in [-0.15, -0.1) is 0 Å². The quantitative estimate of drug-likeness (QED) is 0.444. The first-order valence-electron chi connectivity index (χ1n) is 9.81. The van der Waals surface area contributed by atoms with Gasteiger partial charge in [-0.2, -0.15) is 4.31 Å². The minimum atomic E-state index is -3.62. The smallest absolute Gasteiger partial charge is 0.273 e. The molecule has 3 aromatic rings. The Morgan fingerprint density at radius 3 is 2.59 bits per heavy atom. The third-order valence-electron chi connectivity index (χ3n) is 5.43. The largest absolute Gasteiger partial charge is 0.304 e. The highest BCUT2D eigenvalue weighted by atomic mass is 32.2. The van der Waals surface area contributed by atoms with Gasteiger partial charge >= 0.3 is 0 Å². The Morgan fingerprint density at radius 1 is 1.19 bits per heavy atom. The number of carbonyl (C=O) groups is 1. The van der Waals surface area contributed by atoms with E-state index in [1.54, 1.807) is 12.1 Å². The molecule has 0 unspecified atom stereocenters. The highest BCUT2D eigenvalue weighted by Crippen LogP contribution is 2.30. The zero-order chi connectivity index (χ0) is 23.0. The lowest BCUT2D eigenvalue weighted by Crippen LogP contribution is -2.46. The number of carbonyl (C=O) groups excluding carboxylic acids is 1. The first kappa shape index (κ1) is 22.3. The van der Waals surface area contributed by atoms with Crippen LogP contribution in [0, 0.1) is 17.0 Å². The lowest BCUT2D eigenvalue weighted by molar-refractivity contribution is -0.385. The van der Waals surface area contributed by atoms with E-state index >= 15 is 0 Å². The number of nitrogens with one attached hydrogen (secondary N) is 1. The summed E-state index contributed by atoms with van der Waals surface area (Å²) in [6.45, 7) is 3.73. The van der Waals surface area contributed by atoms with Crippen molar-refractivity contribution < 1.29 is 18.1 Å². The number of nitrogens with zero attached hydrogens (tertiary/aromatic N) is 4. The number of piperazine rings is 1. The maximum absolute atomic E-state index is 13.0. The molecule has 0 atom stereocenters. The number of hydrogen-bond acceptors (Lipinski definition) is 8. The summed E-state index contributed by atoms with van der Waals surface area (Å²) >= 11 is 1.15. The van der Waals surface area contributed by atoms with Gasteiger partial charge < -0.3 is 4.90 Å². The molecule has 168 valence electrons. The molecule has 0 radical (unpaired) electrons. The van der Waals surface area contributed by atoms with Crippen LogP contribution in [-0.2, 0) is 10.0 Å². The van der Waals surface area contributed by atoms with Gasteiger partial charge in [-0.05, 0) is 38.2 Å². The molecule has 4 rings (SSSR count). The summed E-state index contributed by atoms with van der Waals surface area (Å²) in [7, 11) is -1.66. The molecular weight excluding hydrogens is 454 g/mol. The van der Waals surface area contributed by atoms with Gasteiger partial charge in [0.05, 0.1) is 20.0 Å². The third-order valence-corrected chi connectivity index (χ3v) is 8.26. The fourth-order valence-electron chi connectivity index (χ4n) is 3.53. The van der Waals surface area contributed by atoms with Crippen molar-refractivity contribution in [3.63, 3.8) is 0 Å². The van der Waals surface area contributed by atoms with Gasteiger partial charge in [0.25, 0.3) is 11.6 Å².